The van der Waals surface area contributed by atoms with Crippen molar-refractivity contribution >= 4 is 28.7 Å². The quantitative estimate of drug-likeness (QED) is 0.693. The highest BCUT2D eigenvalue weighted by molar-refractivity contribution is 8.00. The Hall–Kier alpha value is -2.34. The van der Waals surface area contributed by atoms with Crippen LogP contribution in [0.3, 0.4) is 0 Å². The molecular weight excluding hydrogens is 317 g/mol. The Kier molecular flexibility index (Phi) is 4.34. The van der Waals surface area contributed by atoms with Crippen molar-refractivity contribution in [3.8, 4) is 11.3 Å². The van der Waals surface area contributed by atoms with E-state index >= 15 is 0 Å². The molecule has 3 rings (SSSR count). The number of carboxylic acid groups (broad SMARTS) is 1. The molecule has 1 heterocycles. The Morgan fingerprint density at radius 1 is 1.35 bits per heavy atom. The molecule has 0 fully saturated rings. The molecular formula is C17H14FNO3S. The van der Waals surface area contributed by atoms with Gasteiger partial charge in [-0.05, 0) is 36.8 Å². The number of benzene rings is 2. The normalized spacial score (nSPS) is 12.4. The molecule has 0 bridgehead atoms. The number of nitrogens with zero attached hydrogens (tertiary/aromatic N) is 1. The lowest BCUT2D eigenvalue weighted by molar-refractivity contribution is -0.136. The summed E-state index contributed by atoms with van der Waals surface area (Å²) in [5, 5.41) is 13.3. The zero-order valence-corrected chi connectivity index (χ0v) is 13.1. The first-order chi connectivity index (χ1) is 11.1. The van der Waals surface area contributed by atoms with Gasteiger partial charge in [0.25, 0.3) is 0 Å². The van der Waals surface area contributed by atoms with E-state index in [0.717, 1.165) is 4.90 Å². The van der Waals surface area contributed by atoms with Crippen LogP contribution in [0.15, 0.2) is 51.9 Å². The highest BCUT2D eigenvalue weighted by Crippen LogP contribution is 2.33. The van der Waals surface area contributed by atoms with E-state index in [2.05, 4.69) is 5.16 Å². The average molecular weight is 331 g/mol. The van der Waals surface area contributed by atoms with E-state index in [1.165, 1.54) is 17.8 Å². The summed E-state index contributed by atoms with van der Waals surface area (Å²) in [5.74, 6) is -1.21. The molecule has 118 valence electrons. The van der Waals surface area contributed by atoms with Gasteiger partial charge in [0.05, 0.1) is 0 Å². The van der Waals surface area contributed by atoms with Crippen molar-refractivity contribution in [2.45, 2.75) is 23.5 Å². The van der Waals surface area contributed by atoms with Gasteiger partial charge in [-0.15, -0.1) is 11.8 Å². The molecule has 0 radical (unpaired) electrons. The number of rotatable bonds is 5. The molecule has 0 saturated carbocycles. The van der Waals surface area contributed by atoms with Gasteiger partial charge in [0.1, 0.15) is 16.8 Å². The van der Waals surface area contributed by atoms with Gasteiger partial charge in [0.15, 0.2) is 5.58 Å². The number of hydrogen-bond donors (Lipinski definition) is 1. The second kappa shape index (κ2) is 6.42. The number of aromatic nitrogens is 1. The molecule has 0 aliphatic heterocycles. The summed E-state index contributed by atoms with van der Waals surface area (Å²) >= 11 is 1.26. The number of carbonyl (C=O) groups is 1. The summed E-state index contributed by atoms with van der Waals surface area (Å²) < 4.78 is 19.2. The van der Waals surface area contributed by atoms with Crippen LogP contribution < -0.4 is 0 Å². The van der Waals surface area contributed by atoms with E-state index in [1.54, 1.807) is 36.4 Å². The predicted molar refractivity (Wildman–Crippen MR) is 87.0 cm³/mol. The molecule has 23 heavy (non-hydrogen) atoms. The molecule has 6 heteroatoms. The summed E-state index contributed by atoms with van der Waals surface area (Å²) in [4.78, 5) is 11.9. The third-order valence-corrected chi connectivity index (χ3v) is 4.84. The maximum absolute atomic E-state index is 13.9. The highest BCUT2D eigenvalue weighted by atomic mass is 32.2. The Bertz CT molecular complexity index is 862. The first-order valence-electron chi connectivity index (χ1n) is 7.14. The van der Waals surface area contributed by atoms with E-state index in [4.69, 9.17) is 9.63 Å². The third kappa shape index (κ3) is 3.07. The lowest BCUT2D eigenvalue weighted by atomic mass is 10.1. The van der Waals surface area contributed by atoms with Crippen LogP contribution in [-0.2, 0) is 4.79 Å². The number of halogens is 1. The maximum atomic E-state index is 13.9. The van der Waals surface area contributed by atoms with Crippen molar-refractivity contribution in [3.63, 3.8) is 0 Å². The average Bonchev–Trinajstić information content (AvgIpc) is 2.95. The van der Waals surface area contributed by atoms with Crippen molar-refractivity contribution in [2.24, 2.45) is 0 Å². The van der Waals surface area contributed by atoms with E-state index in [0.29, 0.717) is 28.6 Å². The molecule has 1 N–H and O–H groups in total. The van der Waals surface area contributed by atoms with Crippen molar-refractivity contribution in [1.29, 1.82) is 0 Å². The van der Waals surface area contributed by atoms with Gasteiger partial charge in [-0.25, -0.2) is 4.39 Å². The number of hydrogen-bond acceptors (Lipinski definition) is 4. The minimum absolute atomic E-state index is 0.363. The highest BCUT2D eigenvalue weighted by Gasteiger charge is 2.18. The topological polar surface area (TPSA) is 63.3 Å². The largest absolute Gasteiger partial charge is 0.480 e. The molecule has 0 aliphatic rings. The van der Waals surface area contributed by atoms with E-state index in [1.807, 2.05) is 6.92 Å². The monoisotopic (exact) mass is 331 g/mol. The van der Waals surface area contributed by atoms with Crippen LogP contribution in [-0.4, -0.2) is 21.5 Å². The molecule has 0 amide bonds. The number of thioether (sulfide) groups is 1. The van der Waals surface area contributed by atoms with Crippen molar-refractivity contribution in [1.82, 2.24) is 5.16 Å². The second-order valence-electron chi connectivity index (χ2n) is 5.02. The van der Waals surface area contributed by atoms with Crippen molar-refractivity contribution in [3.05, 3.63) is 48.3 Å². The summed E-state index contributed by atoms with van der Waals surface area (Å²) in [6.07, 6.45) is 0.523. The lowest BCUT2D eigenvalue weighted by Crippen LogP contribution is -2.14. The van der Waals surface area contributed by atoms with Crippen LogP contribution in [0.4, 0.5) is 4.39 Å². The lowest BCUT2D eigenvalue weighted by Gasteiger charge is -2.08. The van der Waals surface area contributed by atoms with Gasteiger partial charge in [0.2, 0.25) is 0 Å². The minimum atomic E-state index is -0.845. The fourth-order valence-corrected chi connectivity index (χ4v) is 3.23. The van der Waals surface area contributed by atoms with Crippen LogP contribution in [0.25, 0.3) is 22.2 Å². The van der Waals surface area contributed by atoms with Crippen LogP contribution in [0, 0.1) is 5.82 Å². The molecule has 1 aromatic heterocycles. The van der Waals surface area contributed by atoms with E-state index < -0.39 is 11.2 Å². The van der Waals surface area contributed by atoms with Gasteiger partial charge in [-0.2, -0.15) is 0 Å². The summed E-state index contributed by atoms with van der Waals surface area (Å²) in [5.41, 5.74) is 1.33. The first kappa shape index (κ1) is 15.6. The van der Waals surface area contributed by atoms with Crippen molar-refractivity contribution in [2.75, 3.05) is 0 Å². The SMILES string of the molecule is CCC(Sc1ccc2c(-c3ccccc3F)noc2c1)C(=O)O. The molecule has 1 atom stereocenters. The van der Waals surface area contributed by atoms with Gasteiger partial charge >= 0.3 is 5.97 Å². The van der Waals surface area contributed by atoms with Crippen molar-refractivity contribution < 1.29 is 18.8 Å². The molecule has 1 unspecified atom stereocenters. The Morgan fingerprint density at radius 3 is 2.83 bits per heavy atom. The van der Waals surface area contributed by atoms with Gasteiger partial charge in [-0.1, -0.05) is 24.2 Å². The number of aliphatic carboxylic acids is 1. The van der Waals surface area contributed by atoms with Crippen LogP contribution in [0.5, 0.6) is 0 Å². The number of carboxylic acids is 1. The van der Waals surface area contributed by atoms with Crippen LogP contribution >= 0.6 is 11.8 Å². The summed E-state index contributed by atoms with van der Waals surface area (Å²) in [7, 11) is 0. The van der Waals surface area contributed by atoms with Crippen LogP contribution in [0.2, 0.25) is 0 Å². The maximum Gasteiger partial charge on any atom is 0.316 e. The van der Waals surface area contributed by atoms with E-state index in [9.17, 15) is 9.18 Å². The predicted octanol–water partition coefficient (Wildman–Crippen LogP) is 4.59. The third-order valence-electron chi connectivity index (χ3n) is 3.50. The molecule has 2 aromatic carbocycles. The minimum Gasteiger partial charge on any atom is -0.480 e. The Labute approximate surface area is 136 Å². The van der Waals surface area contributed by atoms with Gasteiger partial charge < -0.3 is 9.63 Å². The molecule has 3 aromatic rings. The molecule has 0 aliphatic carbocycles. The Morgan fingerprint density at radius 2 is 2.13 bits per heavy atom. The van der Waals surface area contributed by atoms with Gasteiger partial charge in [-0.3, -0.25) is 4.79 Å². The summed E-state index contributed by atoms with van der Waals surface area (Å²) in [6, 6.07) is 11.7. The standard InChI is InChI=1S/C17H14FNO3S/c1-2-15(17(20)21)23-10-7-8-12-14(9-10)22-19-16(12)11-5-3-4-6-13(11)18/h3-9,15H,2H2,1H3,(H,20,21). The fourth-order valence-electron chi connectivity index (χ4n) is 2.31. The second-order valence-corrected chi connectivity index (χ2v) is 6.30. The zero-order valence-electron chi connectivity index (χ0n) is 12.3. The molecule has 4 nitrogen and oxygen atoms in total. The molecule has 0 saturated heterocycles. The number of fused-ring (bicyclic) bond motifs is 1. The van der Waals surface area contributed by atoms with E-state index in [-0.39, 0.29) is 5.82 Å². The molecule has 0 spiro atoms. The summed E-state index contributed by atoms with van der Waals surface area (Å²) in [6.45, 7) is 1.83. The fraction of sp³-hybridized carbons (Fsp3) is 0.176. The zero-order chi connectivity index (χ0) is 16.4. The van der Waals surface area contributed by atoms with Crippen LogP contribution in [0.1, 0.15) is 13.3 Å². The first-order valence-corrected chi connectivity index (χ1v) is 8.02. The smallest absolute Gasteiger partial charge is 0.316 e. The Balaban J connectivity index is 1.98. The van der Waals surface area contributed by atoms with Gasteiger partial charge in [0, 0.05) is 15.8 Å².